The standard InChI is InChI=1S/C19H25N7S/c1-14-9-17(23-19(22-14)24(2)3)25-7-4-5-15(10-25)18-20-6-8-26(18)11-16-12-27-13-21-16/h6,8-9,12-13,15H,4-5,7,10-11H2,1-3H3/t15-/m1/s1. The highest BCUT2D eigenvalue weighted by Gasteiger charge is 2.26. The van der Waals surface area contributed by atoms with Crippen molar-refractivity contribution in [2.45, 2.75) is 32.2 Å². The van der Waals surface area contributed by atoms with Gasteiger partial charge in [0.1, 0.15) is 11.6 Å². The van der Waals surface area contributed by atoms with Crippen LogP contribution in [0.2, 0.25) is 0 Å². The molecule has 3 aromatic rings. The molecule has 0 spiro atoms. The van der Waals surface area contributed by atoms with Gasteiger partial charge in [0.2, 0.25) is 5.95 Å². The summed E-state index contributed by atoms with van der Waals surface area (Å²) in [6.45, 7) is 4.76. The van der Waals surface area contributed by atoms with Crippen LogP contribution in [0.5, 0.6) is 0 Å². The molecule has 142 valence electrons. The van der Waals surface area contributed by atoms with E-state index in [2.05, 4.69) is 42.1 Å². The van der Waals surface area contributed by atoms with Gasteiger partial charge in [0.05, 0.1) is 17.7 Å². The first kappa shape index (κ1) is 17.9. The van der Waals surface area contributed by atoms with Crippen LogP contribution in [-0.2, 0) is 6.54 Å². The first-order chi connectivity index (χ1) is 13.1. The van der Waals surface area contributed by atoms with E-state index in [0.29, 0.717) is 5.92 Å². The lowest BCUT2D eigenvalue weighted by Gasteiger charge is -2.34. The highest BCUT2D eigenvalue weighted by Crippen LogP contribution is 2.29. The molecule has 0 unspecified atom stereocenters. The van der Waals surface area contributed by atoms with Crippen molar-refractivity contribution < 1.29 is 0 Å². The van der Waals surface area contributed by atoms with Gasteiger partial charge in [-0.3, -0.25) is 0 Å². The van der Waals surface area contributed by atoms with Gasteiger partial charge in [0, 0.05) is 62.6 Å². The second-order valence-corrected chi connectivity index (χ2v) is 7.96. The number of imidazole rings is 1. The summed E-state index contributed by atoms with van der Waals surface area (Å²) in [5.74, 6) is 3.31. The predicted octanol–water partition coefficient (Wildman–Crippen LogP) is 2.94. The number of anilines is 2. The van der Waals surface area contributed by atoms with Crippen molar-refractivity contribution >= 4 is 23.1 Å². The number of piperidine rings is 1. The van der Waals surface area contributed by atoms with Crippen molar-refractivity contribution in [1.82, 2.24) is 24.5 Å². The molecular formula is C19H25N7S. The summed E-state index contributed by atoms with van der Waals surface area (Å²) in [5, 5.41) is 2.10. The fourth-order valence-electron chi connectivity index (χ4n) is 3.60. The molecule has 8 heteroatoms. The van der Waals surface area contributed by atoms with E-state index in [4.69, 9.17) is 4.98 Å². The minimum Gasteiger partial charge on any atom is -0.356 e. The molecule has 0 radical (unpaired) electrons. The Kier molecular flexibility index (Phi) is 5.07. The summed E-state index contributed by atoms with van der Waals surface area (Å²) in [5.41, 5.74) is 3.97. The maximum Gasteiger partial charge on any atom is 0.226 e. The molecule has 0 bridgehead atoms. The van der Waals surface area contributed by atoms with E-state index in [1.165, 1.54) is 0 Å². The smallest absolute Gasteiger partial charge is 0.226 e. The van der Waals surface area contributed by atoms with Gasteiger partial charge >= 0.3 is 0 Å². The monoisotopic (exact) mass is 383 g/mol. The molecule has 1 atom stereocenters. The fraction of sp³-hybridized carbons (Fsp3) is 0.474. The summed E-state index contributed by atoms with van der Waals surface area (Å²) in [4.78, 5) is 22.7. The topological polar surface area (TPSA) is 63.0 Å². The van der Waals surface area contributed by atoms with Crippen molar-refractivity contribution in [3.8, 4) is 0 Å². The SMILES string of the molecule is Cc1cc(N2CCC[C@@H](c3nccn3Cc3cscn3)C2)nc(N(C)C)n1. The highest BCUT2D eigenvalue weighted by atomic mass is 32.1. The summed E-state index contributed by atoms with van der Waals surface area (Å²) in [7, 11) is 3.96. The van der Waals surface area contributed by atoms with Gasteiger partial charge in [0.15, 0.2) is 0 Å². The van der Waals surface area contributed by atoms with Gasteiger partial charge in [-0.2, -0.15) is 4.98 Å². The Morgan fingerprint density at radius 3 is 2.93 bits per heavy atom. The molecule has 0 amide bonds. The van der Waals surface area contributed by atoms with E-state index < -0.39 is 0 Å². The molecule has 3 aromatic heterocycles. The molecular weight excluding hydrogens is 358 g/mol. The number of aromatic nitrogens is 5. The van der Waals surface area contributed by atoms with Crippen molar-refractivity contribution in [2.75, 3.05) is 37.0 Å². The van der Waals surface area contributed by atoms with Crippen LogP contribution in [0, 0.1) is 6.92 Å². The Hall–Kier alpha value is -2.48. The van der Waals surface area contributed by atoms with Crippen LogP contribution in [0.4, 0.5) is 11.8 Å². The number of hydrogen-bond acceptors (Lipinski definition) is 7. The average Bonchev–Trinajstić information content (AvgIpc) is 3.34. The van der Waals surface area contributed by atoms with Crippen LogP contribution < -0.4 is 9.80 Å². The second-order valence-electron chi connectivity index (χ2n) is 7.24. The Morgan fingerprint density at radius 1 is 1.26 bits per heavy atom. The number of hydrogen-bond donors (Lipinski definition) is 0. The number of thiazole rings is 1. The normalized spacial score (nSPS) is 17.3. The quantitative estimate of drug-likeness (QED) is 0.675. The van der Waals surface area contributed by atoms with E-state index in [0.717, 1.165) is 61.5 Å². The van der Waals surface area contributed by atoms with Crippen LogP contribution in [0.15, 0.2) is 29.4 Å². The third kappa shape index (κ3) is 3.95. The van der Waals surface area contributed by atoms with Gasteiger partial charge in [0.25, 0.3) is 0 Å². The van der Waals surface area contributed by atoms with E-state index in [9.17, 15) is 0 Å². The first-order valence-electron chi connectivity index (χ1n) is 9.26. The number of rotatable bonds is 5. The van der Waals surface area contributed by atoms with E-state index >= 15 is 0 Å². The van der Waals surface area contributed by atoms with E-state index in [1.54, 1.807) is 11.3 Å². The molecule has 1 fully saturated rings. The first-order valence-corrected chi connectivity index (χ1v) is 10.2. The van der Waals surface area contributed by atoms with Crippen molar-refractivity contribution in [3.63, 3.8) is 0 Å². The lowest BCUT2D eigenvalue weighted by Crippen LogP contribution is -2.36. The molecule has 1 saturated heterocycles. The largest absolute Gasteiger partial charge is 0.356 e. The van der Waals surface area contributed by atoms with Gasteiger partial charge in [-0.25, -0.2) is 15.0 Å². The van der Waals surface area contributed by atoms with Gasteiger partial charge < -0.3 is 14.4 Å². The second kappa shape index (κ2) is 7.64. The Labute approximate surface area is 163 Å². The van der Waals surface area contributed by atoms with Crippen molar-refractivity contribution in [2.24, 2.45) is 0 Å². The van der Waals surface area contributed by atoms with Crippen LogP contribution in [0.1, 0.15) is 36.0 Å². The van der Waals surface area contributed by atoms with Crippen LogP contribution >= 0.6 is 11.3 Å². The zero-order valence-electron chi connectivity index (χ0n) is 16.0. The summed E-state index contributed by atoms with van der Waals surface area (Å²) >= 11 is 1.63. The molecule has 0 aromatic carbocycles. The zero-order chi connectivity index (χ0) is 18.8. The van der Waals surface area contributed by atoms with Crippen LogP contribution in [0.3, 0.4) is 0 Å². The maximum absolute atomic E-state index is 4.76. The summed E-state index contributed by atoms with van der Waals surface area (Å²) < 4.78 is 2.24. The Morgan fingerprint density at radius 2 is 2.15 bits per heavy atom. The Balaban J connectivity index is 1.55. The van der Waals surface area contributed by atoms with Gasteiger partial charge in [-0.05, 0) is 19.8 Å². The Bertz CT molecular complexity index is 887. The molecule has 7 nitrogen and oxygen atoms in total. The fourth-order valence-corrected chi connectivity index (χ4v) is 4.15. The molecule has 0 aliphatic carbocycles. The summed E-state index contributed by atoms with van der Waals surface area (Å²) in [6.07, 6.45) is 6.25. The highest BCUT2D eigenvalue weighted by molar-refractivity contribution is 7.07. The maximum atomic E-state index is 4.76. The van der Waals surface area contributed by atoms with Gasteiger partial charge in [-0.1, -0.05) is 0 Å². The van der Waals surface area contributed by atoms with E-state index in [-0.39, 0.29) is 0 Å². The molecule has 4 rings (SSSR count). The van der Waals surface area contributed by atoms with E-state index in [1.807, 2.05) is 37.6 Å². The zero-order valence-corrected chi connectivity index (χ0v) is 16.9. The number of nitrogens with zero attached hydrogens (tertiary/aromatic N) is 7. The average molecular weight is 384 g/mol. The predicted molar refractivity (Wildman–Crippen MR) is 109 cm³/mol. The third-order valence-corrected chi connectivity index (χ3v) is 5.54. The summed E-state index contributed by atoms with van der Waals surface area (Å²) in [6, 6.07) is 2.08. The molecule has 1 aliphatic rings. The van der Waals surface area contributed by atoms with Crippen LogP contribution in [-0.4, -0.2) is 51.7 Å². The molecule has 27 heavy (non-hydrogen) atoms. The van der Waals surface area contributed by atoms with Crippen molar-refractivity contribution in [3.05, 3.63) is 46.6 Å². The minimum atomic E-state index is 0.394. The minimum absolute atomic E-state index is 0.394. The number of aryl methyl sites for hydroxylation is 1. The third-order valence-electron chi connectivity index (χ3n) is 4.90. The molecule has 1 aliphatic heterocycles. The lowest BCUT2D eigenvalue weighted by atomic mass is 9.97. The molecule has 0 N–H and O–H groups in total. The van der Waals surface area contributed by atoms with Crippen LogP contribution in [0.25, 0.3) is 0 Å². The lowest BCUT2D eigenvalue weighted by molar-refractivity contribution is 0.473. The molecule has 4 heterocycles. The van der Waals surface area contributed by atoms with Gasteiger partial charge in [-0.15, -0.1) is 11.3 Å². The van der Waals surface area contributed by atoms with Crippen molar-refractivity contribution in [1.29, 1.82) is 0 Å². The molecule has 0 saturated carbocycles.